The van der Waals surface area contributed by atoms with E-state index in [1.165, 1.54) is 62.0 Å². The van der Waals surface area contributed by atoms with Gasteiger partial charge in [0.1, 0.15) is 5.75 Å². The predicted molar refractivity (Wildman–Crippen MR) is 128 cm³/mol. The van der Waals surface area contributed by atoms with Crippen molar-refractivity contribution in [3.8, 4) is 5.75 Å². The molecule has 1 aliphatic heterocycles. The molecule has 0 radical (unpaired) electrons. The number of aromatic nitrogens is 2. The number of nitrogens with zero attached hydrogens (tertiary/aromatic N) is 3. The summed E-state index contributed by atoms with van der Waals surface area (Å²) in [5, 5.41) is 0. The SMILES string of the molecule is COc1ccc(S(=O)(=O)Nc2ccc(S(=O)(=O)Nc3ncccn3)cc2)cc1C(=O)N1CCCC1. The minimum Gasteiger partial charge on any atom is -0.496 e. The van der Waals surface area contributed by atoms with Gasteiger partial charge in [-0.2, -0.15) is 0 Å². The van der Waals surface area contributed by atoms with Gasteiger partial charge >= 0.3 is 0 Å². The maximum atomic E-state index is 13.0. The number of carbonyl (C=O) groups is 1. The van der Waals surface area contributed by atoms with Crippen LogP contribution in [-0.4, -0.2) is 57.8 Å². The molecule has 1 aliphatic rings. The van der Waals surface area contributed by atoms with Gasteiger partial charge in [-0.15, -0.1) is 0 Å². The highest BCUT2D eigenvalue weighted by atomic mass is 32.2. The van der Waals surface area contributed by atoms with E-state index in [4.69, 9.17) is 4.74 Å². The van der Waals surface area contributed by atoms with Crippen LogP contribution in [0.2, 0.25) is 0 Å². The zero-order valence-electron chi connectivity index (χ0n) is 18.7. The first-order chi connectivity index (χ1) is 16.7. The minimum absolute atomic E-state index is 0.0870. The summed E-state index contributed by atoms with van der Waals surface area (Å²) >= 11 is 0. The summed E-state index contributed by atoms with van der Waals surface area (Å²) in [5.74, 6) is -0.0952. The van der Waals surface area contributed by atoms with E-state index in [2.05, 4.69) is 19.4 Å². The topological polar surface area (TPSA) is 148 Å². The number of hydrogen-bond donors (Lipinski definition) is 2. The number of amides is 1. The molecule has 0 aliphatic carbocycles. The number of nitrogens with one attached hydrogen (secondary N) is 2. The summed E-state index contributed by atoms with van der Waals surface area (Å²) in [4.78, 5) is 22.0. The molecule has 2 aromatic carbocycles. The molecule has 11 nitrogen and oxygen atoms in total. The number of sulfonamides is 2. The first kappa shape index (κ1) is 24.4. The average molecular weight is 518 g/mol. The molecular weight excluding hydrogens is 494 g/mol. The van der Waals surface area contributed by atoms with Crippen molar-refractivity contribution in [2.75, 3.05) is 29.6 Å². The number of carbonyl (C=O) groups excluding carboxylic acids is 1. The Morgan fingerprint density at radius 1 is 0.886 bits per heavy atom. The summed E-state index contributed by atoms with van der Waals surface area (Å²) in [7, 11) is -6.63. The Morgan fingerprint density at radius 3 is 2.11 bits per heavy atom. The molecule has 1 aromatic heterocycles. The van der Waals surface area contributed by atoms with Crippen LogP contribution in [0.25, 0.3) is 0 Å². The van der Waals surface area contributed by atoms with Gasteiger partial charge < -0.3 is 9.64 Å². The van der Waals surface area contributed by atoms with Crippen LogP contribution in [0.3, 0.4) is 0 Å². The molecule has 0 saturated carbocycles. The first-order valence-corrected chi connectivity index (χ1v) is 13.6. The van der Waals surface area contributed by atoms with Gasteiger partial charge in [0.2, 0.25) is 5.95 Å². The molecule has 1 amide bonds. The standard InChI is InChI=1S/C22H23N5O6S2/c1-33-20-10-9-18(15-19(20)21(28)27-13-2-3-14-27)35(31,32)25-16-5-7-17(8-6-16)34(29,30)26-22-23-11-4-12-24-22/h4-12,15,25H,2-3,13-14H2,1H3,(H,23,24,26). The molecule has 0 bridgehead atoms. The Hall–Kier alpha value is -3.71. The second-order valence-electron chi connectivity index (χ2n) is 7.67. The predicted octanol–water partition coefficient (Wildman–Crippen LogP) is 2.32. The van der Waals surface area contributed by atoms with Crippen molar-refractivity contribution in [3.05, 3.63) is 66.5 Å². The lowest BCUT2D eigenvalue weighted by molar-refractivity contribution is 0.0789. The Labute approximate surface area is 203 Å². The van der Waals surface area contributed by atoms with E-state index in [9.17, 15) is 21.6 Å². The van der Waals surface area contributed by atoms with Crippen LogP contribution in [-0.2, 0) is 20.0 Å². The molecule has 0 atom stereocenters. The molecule has 2 heterocycles. The van der Waals surface area contributed by atoms with Gasteiger partial charge in [-0.25, -0.2) is 31.5 Å². The van der Waals surface area contributed by atoms with Gasteiger partial charge in [-0.3, -0.25) is 9.52 Å². The zero-order valence-corrected chi connectivity index (χ0v) is 20.3. The van der Waals surface area contributed by atoms with Crippen LogP contribution >= 0.6 is 0 Å². The van der Waals surface area contributed by atoms with Gasteiger partial charge in [-0.05, 0) is 61.4 Å². The van der Waals surface area contributed by atoms with Crippen molar-refractivity contribution in [3.63, 3.8) is 0 Å². The normalized spacial score (nSPS) is 13.9. The molecule has 0 unspecified atom stereocenters. The number of hydrogen-bond acceptors (Lipinski definition) is 8. The molecule has 13 heteroatoms. The van der Waals surface area contributed by atoms with Crippen LogP contribution in [0, 0.1) is 0 Å². The van der Waals surface area contributed by atoms with Crippen LogP contribution in [0.4, 0.5) is 11.6 Å². The lowest BCUT2D eigenvalue weighted by atomic mass is 10.1. The smallest absolute Gasteiger partial charge is 0.264 e. The van der Waals surface area contributed by atoms with E-state index < -0.39 is 20.0 Å². The summed E-state index contributed by atoms with van der Waals surface area (Å²) in [6, 6.07) is 10.7. The monoisotopic (exact) mass is 517 g/mol. The molecule has 1 fully saturated rings. The summed E-state index contributed by atoms with van der Waals surface area (Å²) < 4.78 is 60.9. The Kier molecular flexibility index (Phi) is 6.89. The highest BCUT2D eigenvalue weighted by molar-refractivity contribution is 7.93. The van der Waals surface area contributed by atoms with E-state index in [0.717, 1.165) is 12.8 Å². The highest BCUT2D eigenvalue weighted by Gasteiger charge is 2.25. The summed E-state index contributed by atoms with van der Waals surface area (Å²) in [6.07, 6.45) is 4.58. The van der Waals surface area contributed by atoms with E-state index in [-0.39, 0.29) is 38.6 Å². The Morgan fingerprint density at radius 2 is 1.49 bits per heavy atom. The third kappa shape index (κ3) is 5.52. The fourth-order valence-corrected chi connectivity index (χ4v) is 5.60. The van der Waals surface area contributed by atoms with Crippen molar-refractivity contribution < 1.29 is 26.4 Å². The number of likely N-dealkylation sites (tertiary alicyclic amines) is 1. The van der Waals surface area contributed by atoms with Crippen molar-refractivity contribution in [1.82, 2.24) is 14.9 Å². The first-order valence-electron chi connectivity index (χ1n) is 10.6. The quantitative estimate of drug-likeness (QED) is 0.463. The number of ether oxygens (including phenoxy) is 1. The van der Waals surface area contributed by atoms with E-state index in [1.807, 2.05) is 0 Å². The van der Waals surface area contributed by atoms with Crippen LogP contribution in [0.15, 0.2) is 70.7 Å². The Balaban J connectivity index is 1.54. The third-order valence-corrected chi connectivity index (χ3v) is 8.04. The van der Waals surface area contributed by atoms with Crippen LogP contribution < -0.4 is 14.2 Å². The van der Waals surface area contributed by atoms with Gasteiger partial charge in [0.15, 0.2) is 0 Å². The number of benzene rings is 2. The van der Waals surface area contributed by atoms with Crippen LogP contribution in [0.5, 0.6) is 5.75 Å². The van der Waals surface area contributed by atoms with Gasteiger partial charge in [0.05, 0.1) is 22.5 Å². The molecule has 3 aromatic rings. The third-order valence-electron chi connectivity index (χ3n) is 5.31. The van der Waals surface area contributed by atoms with E-state index in [1.54, 1.807) is 11.0 Å². The van der Waals surface area contributed by atoms with E-state index in [0.29, 0.717) is 13.1 Å². The van der Waals surface area contributed by atoms with Crippen LogP contribution in [0.1, 0.15) is 23.2 Å². The number of methoxy groups -OCH3 is 1. The van der Waals surface area contributed by atoms with Crippen molar-refractivity contribution in [2.45, 2.75) is 22.6 Å². The number of anilines is 2. The summed E-state index contributed by atoms with van der Waals surface area (Å²) in [6.45, 7) is 1.22. The van der Waals surface area contributed by atoms with Crippen molar-refractivity contribution in [2.24, 2.45) is 0 Å². The molecule has 4 rings (SSSR count). The lowest BCUT2D eigenvalue weighted by Crippen LogP contribution is -2.28. The van der Waals surface area contributed by atoms with Gasteiger partial charge in [-0.1, -0.05) is 0 Å². The van der Waals surface area contributed by atoms with Crippen molar-refractivity contribution in [1.29, 1.82) is 0 Å². The van der Waals surface area contributed by atoms with Gasteiger partial charge in [0, 0.05) is 31.2 Å². The second kappa shape index (κ2) is 9.88. The highest BCUT2D eigenvalue weighted by Crippen LogP contribution is 2.27. The lowest BCUT2D eigenvalue weighted by Gasteiger charge is -2.18. The summed E-state index contributed by atoms with van der Waals surface area (Å²) in [5.41, 5.74) is 0.302. The minimum atomic E-state index is -4.08. The van der Waals surface area contributed by atoms with Gasteiger partial charge in [0.25, 0.3) is 26.0 Å². The Bertz CT molecular complexity index is 1420. The second-order valence-corrected chi connectivity index (χ2v) is 11.0. The average Bonchev–Trinajstić information content (AvgIpc) is 3.39. The molecule has 2 N–H and O–H groups in total. The molecular formula is C22H23N5O6S2. The molecule has 184 valence electrons. The molecule has 1 saturated heterocycles. The van der Waals surface area contributed by atoms with Crippen molar-refractivity contribution >= 4 is 37.6 Å². The number of rotatable bonds is 8. The largest absolute Gasteiger partial charge is 0.496 e. The molecule has 0 spiro atoms. The fraction of sp³-hybridized carbons (Fsp3) is 0.227. The molecule has 35 heavy (non-hydrogen) atoms. The maximum absolute atomic E-state index is 13.0. The fourth-order valence-electron chi connectivity index (χ4n) is 3.56. The van der Waals surface area contributed by atoms with E-state index >= 15 is 0 Å². The zero-order chi connectivity index (χ0) is 25.1. The maximum Gasteiger partial charge on any atom is 0.264 e.